The van der Waals surface area contributed by atoms with Crippen molar-refractivity contribution in [3.63, 3.8) is 0 Å². The van der Waals surface area contributed by atoms with Gasteiger partial charge in [-0.15, -0.1) is 0 Å². The highest BCUT2D eigenvalue weighted by atomic mass is 31.2. The fourth-order valence-corrected chi connectivity index (χ4v) is 7.25. The smallest absolute Gasteiger partial charge is 0.419 e. The van der Waals surface area contributed by atoms with Gasteiger partial charge in [0.25, 0.3) is 0 Å². The number of pyridine rings is 1. The number of ether oxygens (including phenoxy) is 2. The van der Waals surface area contributed by atoms with Crippen LogP contribution < -0.4 is 20.2 Å². The highest BCUT2D eigenvalue weighted by Crippen LogP contribution is 2.54. The largest absolute Gasteiger partial charge is 0.489 e. The van der Waals surface area contributed by atoms with Crippen molar-refractivity contribution in [2.24, 2.45) is 0 Å². The molecule has 172 valence electrons. The van der Waals surface area contributed by atoms with Gasteiger partial charge in [0.05, 0.1) is 22.7 Å². The summed E-state index contributed by atoms with van der Waals surface area (Å²) in [6.07, 6.45) is -1.98. The standard InChI is InChI=1S/C22H20F3N4O3P/c1-13-14-6-2-3-7-16(14)31-8-9-32-21-28-15-12-26-20(33(30)10-4-5-11-33)18(22(23,24)25)17(15)19(27-13)29-21/h2-3,6-7,12H,1,4-5,8-11H2,(H,27,28,29). The number of alkyl halides is 3. The average Bonchev–Trinajstić information content (AvgIpc) is 3.22. The normalized spacial score (nSPS) is 18.0. The molecule has 2 aliphatic rings. The van der Waals surface area contributed by atoms with Crippen LogP contribution in [-0.2, 0) is 10.7 Å². The minimum atomic E-state index is -4.82. The predicted octanol–water partition coefficient (Wildman–Crippen LogP) is 4.68. The summed E-state index contributed by atoms with van der Waals surface area (Å²) in [6, 6.07) is 6.89. The Morgan fingerprint density at radius 1 is 1.06 bits per heavy atom. The molecule has 0 spiro atoms. The molecule has 2 aliphatic heterocycles. The van der Waals surface area contributed by atoms with Crippen molar-refractivity contribution in [1.29, 1.82) is 0 Å². The van der Waals surface area contributed by atoms with Crippen molar-refractivity contribution in [3.8, 4) is 11.8 Å². The van der Waals surface area contributed by atoms with Gasteiger partial charge in [-0.05, 0) is 25.0 Å². The predicted molar refractivity (Wildman–Crippen MR) is 119 cm³/mol. The van der Waals surface area contributed by atoms with E-state index in [1.807, 2.05) is 0 Å². The van der Waals surface area contributed by atoms with Crippen LogP contribution in [0.4, 0.5) is 19.0 Å². The lowest BCUT2D eigenvalue weighted by Gasteiger charge is -2.21. The second-order valence-corrected chi connectivity index (χ2v) is 11.0. The Kier molecular flexibility index (Phi) is 5.28. The fourth-order valence-electron chi connectivity index (χ4n) is 4.22. The topological polar surface area (TPSA) is 86.2 Å². The van der Waals surface area contributed by atoms with Crippen LogP contribution in [0.25, 0.3) is 16.6 Å². The summed E-state index contributed by atoms with van der Waals surface area (Å²) in [5.74, 6) is 0.359. The molecule has 3 aromatic rings. The minimum absolute atomic E-state index is 0.0642. The van der Waals surface area contributed by atoms with Crippen molar-refractivity contribution < 1.29 is 27.2 Å². The van der Waals surface area contributed by atoms with E-state index in [1.54, 1.807) is 24.3 Å². The molecule has 2 aromatic heterocycles. The average molecular weight is 476 g/mol. The molecule has 4 heterocycles. The number of hydrogen-bond acceptors (Lipinski definition) is 7. The van der Waals surface area contributed by atoms with Gasteiger partial charge < -0.3 is 19.4 Å². The summed E-state index contributed by atoms with van der Waals surface area (Å²) in [7, 11) is -3.28. The summed E-state index contributed by atoms with van der Waals surface area (Å²) in [4.78, 5) is 12.4. The Bertz CT molecular complexity index is 1300. The maximum absolute atomic E-state index is 14.4. The number of halogens is 3. The van der Waals surface area contributed by atoms with E-state index in [0.717, 1.165) is 0 Å². The van der Waals surface area contributed by atoms with Crippen molar-refractivity contribution >= 4 is 35.0 Å². The highest BCUT2D eigenvalue weighted by molar-refractivity contribution is 7.71. The molecule has 11 heteroatoms. The summed E-state index contributed by atoms with van der Waals surface area (Å²) in [6.45, 7) is 4.24. The number of aromatic nitrogens is 3. The van der Waals surface area contributed by atoms with Crippen molar-refractivity contribution in [2.45, 2.75) is 19.0 Å². The zero-order valence-electron chi connectivity index (χ0n) is 17.5. The first-order chi connectivity index (χ1) is 15.8. The van der Waals surface area contributed by atoms with Crippen LogP contribution in [0, 0.1) is 0 Å². The number of para-hydroxylation sites is 1. The second kappa shape index (κ2) is 8.02. The van der Waals surface area contributed by atoms with E-state index in [-0.39, 0.29) is 54.0 Å². The summed E-state index contributed by atoms with van der Waals surface area (Å²) >= 11 is 0. The molecule has 5 rings (SSSR count). The zero-order valence-corrected chi connectivity index (χ0v) is 18.4. The van der Waals surface area contributed by atoms with Crippen LogP contribution in [0.3, 0.4) is 0 Å². The van der Waals surface area contributed by atoms with Gasteiger partial charge in [-0.3, -0.25) is 4.98 Å². The molecule has 0 unspecified atom stereocenters. The van der Waals surface area contributed by atoms with E-state index in [0.29, 0.717) is 24.2 Å². The third-order valence-corrected chi connectivity index (χ3v) is 8.90. The Hall–Kier alpha value is -3.13. The Labute approximate surface area is 187 Å². The number of fused-ring (bicyclic) bond motifs is 5. The van der Waals surface area contributed by atoms with Crippen LogP contribution >= 0.6 is 7.14 Å². The molecule has 33 heavy (non-hydrogen) atoms. The maximum Gasteiger partial charge on any atom is 0.419 e. The Balaban J connectivity index is 1.77. The van der Waals surface area contributed by atoms with E-state index < -0.39 is 24.3 Å². The minimum Gasteiger partial charge on any atom is -0.489 e. The zero-order chi connectivity index (χ0) is 23.2. The molecule has 0 radical (unpaired) electrons. The lowest BCUT2D eigenvalue weighted by Crippen LogP contribution is -2.25. The van der Waals surface area contributed by atoms with Gasteiger partial charge in [0.2, 0.25) is 0 Å². The molecular formula is C22H20F3N4O3P. The maximum atomic E-state index is 14.4. The van der Waals surface area contributed by atoms with Gasteiger partial charge in [0, 0.05) is 23.6 Å². The van der Waals surface area contributed by atoms with Crippen LogP contribution in [0.2, 0.25) is 0 Å². The molecule has 7 nitrogen and oxygen atoms in total. The monoisotopic (exact) mass is 476 g/mol. The first-order valence-corrected chi connectivity index (χ1v) is 12.5. The summed E-state index contributed by atoms with van der Waals surface area (Å²) in [5.41, 5.74) is -0.673. The van der Waals surface area contributed by atoms with Crippen LogP contribution in [0.1, 0.15) is 24.0 Å². The van der Waals surface area contributed by atoms with E-state index >= 15 is 0 Å². The molecular weight excluding hydrogens is 456 g/mol. The molecule has 0 saturated carbocycles. The molecule has 0 atom stereocenters. The number of rotatable bonds is 1. The number of benzene rings is 1. The van der Waals surface area contributed by atoms with Gasteiger partial charge in [0.1, 0.15) is 37.4 Å². The Morgan fingerprint density at radius 3 is 2.55 bits per heavy atom. The van der Waals surface area contributed by atoms with Gasteiger partial charge >= 0.3 is 12.2 Å². The first-order valence-electron chi connectivity index (χ1n) is 10.4. The van der Waals surface area contributed by atoms with E-state index in [9.17, 15) is 17.7 Å². The number of hydrogen-bond donors (Lipinski definition) is 1. The SMILES string of the molecule is C=C1Nc2nc(nc3cnc(P4(=O)CCCC4)c(C(F)(F)F)c23)OCCOc2ccccc21. The molecule has 0 aliphatic carbocycles. The third-order valence-electron chi connectivity index (χ3n) is 5.71. The molecule has 0 amide bonds. The van der Waals surface area contributed by atoms with Gasteiger partial charge in [0.15, 0.2) is 0 Å². The van der Waals surface area contributed by atoms with Gasteiger partial charge in [-0.25, -0.2) is 0 Å². The number of anilines is 1. The second-order valence-electron chi connectivity index (χ2n) is 7.91. The lowest BCUT2D eigenvalue weighted by molar-refractivity contribution is -0.135. The van der Waals surface area contributed by atoms with Gasteiger partial charge in [-0.2, -0.15) is 23.1 Å². The Morgan fingerprint density at radius 2 is 1.79 bits per heavy atom. The van der Waals surface area contributed by atoms with Crippen molar-refractivity contribution in [3.05, 3.63) is 48.2 Å². The lowest BCUT2D eigenvalue weighted by atomic mass is 10.1. The van der Waals surface area contributed by atoms with E-state index in [2.05, 4.69) is 26.8 Å². The molecule has 1 fully saturated rings. The summed E-state index contributed by atoms with van der Waals surface area (Å²) in [5, 5.41) is 2.59. The van der Waals surface area contributed by atoms with E-state index in [1.165, 1.54) is 6.20 Å². The molecule has 2 bridgehead atoms. The van der Waals surface area contributed by atoms with Crippen molar-refractivity contribution in [2.75, 3.05) is 30.9 Å². The molecule has 1 saturated heterocycles. The molecule has 1 N–H and O–H groups in total. The quantitative estimate of drug-likeness (QED) is 0.511. The van der Waals surface area contributed by atoms with E-state index in [4.69, 9.17) is 9.47 Å². The van der Waals surface area contributed by atoms with Crippen LogP contribution in [0.5, 0.6) is 11.8 Å². The fraction of sp³-hybridized carbons (Fsp3) is 0.318. The van der Waals surface area contributed by atoms with Crippen LogP contribution in [-0.4, -0.2) is 40.5 Å². The molecule has 1 aromatic carbocycles. The van der Waals surface area contributed by atoms with Crippen LogP contribution in [0.15, 0.2) is 37.0 Å². The first kappa shape index (κ1) is 21.7. The summed E-state index contributed by atoms with van der Waals surface area (Å²) < 4.78 is 68.0. The van der Waals surface area contributed by atoms with Crippen molar-refractivity contribution in [1.82, 2.24) is 15.0 Å². The number of nitrogens with zero attached hydrogens (tertiary/aromatic N) is 3. The number of nitrogens with one attached hydrogen (secondary N) is 1. The third kappa shape index (κ3) is 3.93. The highest BCUT2D eigenvalue weighted by Gasteiger charge is 2.44. The van der Waals surface area contributed by atoms with Gasteiger partial charge in [-0.1, -0.05) is 18.7 Å².